The molecular formula is C24H22Cl4FNO2. The highest BCUT2D eigenvalue weighted by atomic mass is 35.5. The molecule has 3 rings (SSSR count). The average molecular weight is 517 g/mol. The highest BCUT2D eigenvalue weighted by Crippen LogP contribution is 2.38. The summed E-state index contributed by atoms with van der Waals surface area (Å²) >= 11 is 24.7. The molecule has 0 radical (unpaired) electrons. The summed E-state index contributed by atoms with van der Waals surface area (Å²) in [5.41, 5.74) is 2.21. The lowest BCUT2D eigenvalue weighted by atomic mass is 10.1. The van der Waals surface area contributed by atoms with Crippen molar-refractivity contribution >= 4 is 46.4 Å². The van der Waals surface area contributed by atoms with E-state index in [9.17, 15) is 4.39 Å². The third-order valence-corrected chi connectivity index (χ3v) is 5.93. The smallest absolute Gasteiger partial charge is 0.180 e. The van der Waals surface area contributed by atoms with E-state index in [1.807, 2.05) is 25.1 Å². The molecule has 3 aromatic carbocycles. The minimum Gasteiger partial charge on any atom is -0.490 e. The van der Waals surface area contributed by atoms with Crippen LogP contribution < -0.4 is 14.8 Å². The van der Waals surface area contributed by atoms with Crippen molar-refractivity contribution in [2.45, 2.75) is 26.5 Å². The summed E-state index contributed by atoms with van der Waals surface area (Å²) in [6, 6.07) is 13.6. The Morgan fingerprint density at radius 3 is 2.44 bits per heavy atom. The van der Waals surface area contributed by atoms with Gasteiger partial charge in [-0.1, -0.05) is 58.5 Å². The molecule has 0 fully saturated rings. The van der Waals surface area contributed by atoms with Gasteiger partial charge in [0.25, 0.3) is 0 Å². The quantitative estimate of drug-likeness (QED) is 0.279. The first-order chi connectivity index (χ1) is 15.4. The van der Waals surface area contributed by atoms with Gasteiger partial charge in [0, 0.05) is 22.2 Å². The zero-order chi connectivity index (χ0) is 23.1. The highest BCUT2D eigenvalue weighted by molar-refractivity contribution is 6.35. The minimum absolute atomic E-state index is 0.0647. The SMILES string of the molecule is CCOc1cc(CNCCc2ccc(Cl)cc2Cl)cc(Cl)c1OCc1c(F)cccc1Cl. The summed E-state index contributed by atoms with van der Waals surface area (Å²) in [5.74, 6) is 0.405. The van der Waals surface area contributed by atoms with Crippen LogP contribution >= 0.6 is 46.4 Å². The van der Waals surface area contributed by atoms with Gasteiger partial charge < -0.3 is 14.8 Å². The molecule has 0 heterocycles. The summed E-state index contributed by atoms with van der Waals surface area (Å²) < 4.78 is 25.6. The fourth-order valence-electron chi connectivity index (χ4n) is 3.12. The molecule has 0 aromatic heterocycles. The molecule has 0 amide bonds. The van der Waals surface area contributed by atoms with E-state index in [0.717, 1.165) is 17.5 Å². The van der Waals surface area contributed by atoms with Crippen LogP contribution in [0.5, 0.6) is 11.5 Å². The third-order valence-electron chi connectivity index (χ3n) is 4.71. The average Bonchev–Trinajstić information content (AvgIpc) is 2.74. The normalized spacial score (nSPS) is 10.9. The summed E-state index contributed by atoms with van der Waals surface area (Å²) in [5, 5.41) is 5.30. The van der Waals surface area contributed by atoms with E-state index >= 15 is 0 Å². The fraction of sp³-hybridized carbons (Fsp3) is 0.250. The van der Waals surface area contributed by atoms with Crippen molar-refractivity contribution < 1.29 is 13.9 Å². The molecule has 0 atom stereocenters. The Morgan fingerprint density at radius 1 is 0.906 bits per heavy atom. The Morgan fingerprint density at radius 2 is 1.72 bits per heavy atom. The Labute approximate surface area is 207 Å². The lowest BCUT2D eigenvalue weighted by Gasteiger charge is -2.16. The summed E-state index contributed by atoms with van der Waals surface area (Å²) in [6.45, 7) is 3.52. The molecule has 0 saturated carbocycles. The third kappa shape index (κ3) is 6.66. The van der Waals surface area contributed by atoms with Crippen molar-refractivity contribution in [3.63, 3.8) is 0 Å². The van der Waals surface area contributed by atoms with Crippen LogP contribution in [0.15, 0.2) is 48.5 Å². The molecular weight excluding hydrogens is 495 g/mol. The molecule has 0 unspecified atom stereocenters. The van der Waals surface area contributed by atoms with Gasteiger partial charge in [-0.15, -0.1) is 0 Å². The zero-order valence-electron chi connectivity index (χ0n) is 17.4. The summed E-state index contributed by atoms with van der Waals surface area (Å²) in [4.78, 5) is 0. The van der Waals surface area contributed by atoms with Crippen molar-refractivity contribution in [2.24, 2.45) is 0 Å². The standard InChI is InChI=1S/C24H22Cl4FNO2/c1-2-31-23-11-15(13-30-9-8-16-6-7-17(25)12-20(16)27)10-21(28)24(23)32-14-18-19(26)4-3-5-22(18)29/h3-7,10-12,30H,2,8-9,13-14H2,1H3. The van der Waals surface area contributed by atoms with Crippen LogP contribution in [0.3, 0.4) is 0 Å². The second kappa shape index (κ2) is 12.0. The Bertz CT molecular complexity index is 1060. The number of hydrogen-bond acceptors (Lipinski definition) is 3. The minimum atomic E-state index is -0.437. The van der Waals surface area contributed by atoms with E-state index in [0.29, 0.717) is 51.3 Å². The monoisotopic (exact) mass is 515 g/mol. The fourth-order valence-corrected chi connectivity index (χ4v) is 4.13. The van der Waals surface area contributed by atoms with Gasteiger partial charge in [-0.05, 0) is 67.4 Å². The molecule has 3 aromatic rings. The van der Waals surface area contributed by atoms with Gasteiger partial charge in [-0.3, -0.25) is 0 Å². The molecule has 170 valence electrons. The topological polar surface area (TPSA) is 30.5 Å². The van der Waals surface area contributed by atoms with Crippen molar-refractivity contribution in [3.05, 3.63) is 91.1 Å². The molecule has 3 nitrogen and oxygen atoms in total. The number of ether oxygens (including phenoxy) is 2. The molecule has 0 aliphatic heterocycles. The first-order valence-electron chi connectivity index (χ1n) is 10.0. The van der Waals surface area contributed by atoms with E-state index in [4.69, 9.17) is 55.9 Å². The van der Waals surface area contributed by atoms with Crippen LogP contribution in [0.4, 0.5) is 4.39 Å². The van der Waals surface area contributed by atoms with Crippen LogP contribution in [-0.2, 0) is 19.6 Å². The van der Waals surface area contributed by atoms with Gasteiger partial charge in [0.05, 0.1) is 16.7 Å². The molecule has 8 heteroatoms. The maximum absolute atomic E-state index is 14.1. The predicted molar refractivity (Wildman–Crippen MR) is 130 cm³/mol. The Balaban J connectivity index is 1.65. The lowest BCUT2D eigenvalue weighted by molar-refractivity contribution is 0.266. The Hall–Kier alpha value is -1.69. The molecule has 0 spiro atoms. The maximum Gasteiger partial charge on any atom is 0.180 e. The van der Waals surface area contributed by atoms with Crippen molar-refractivity contribution in [1.82, 2.24) is 5.32 Å². The van der Waals surface area contributed by atoms with Gasteiger partial charge in [-0.25, -0.2) is 4.39 Å². The number of halogens is 5. The van der Waals surface area contributed by atoms with Crippen molar-refractivity contribution in [3.8, 4) is 11.5 Å². The lowest BCUT2D eigenvalue weighted by Crippen LogP contribution is -2.17. The van der Waals surface area contributed by atoms with Crippen LogP contribution in [-0.4, -0.2) is 13.2 Å². The van der Waals surface area contributed by atoms with Gasteiger partial charge in [-0.2, -0.15) is 0 Å². The van der Waals surface area contributed by atoms with Crippen LogP contribution in [0.1, 0.15) is 23.6 Å². The van der Waals surface area contributed by atoms with Gasteiger partial charge >= 0.3 is 0 Å². The van der Waals surface area contributed by atoms with Gasteiger partial charge in [0.15, 0.2) is 11.5 Å². The van der Waals surface area contributed by atoms with Crippen LogP contribution in [0.2, 0.25) is 20.1 Å². The molecule has 32 heavy (non-hydrogen) atoms. The second-order valence-electron chi connectivity index (χ2n) is 6.99. The van der Waals surface area contributed by atoms with Crippen LogP contribution in [0.25, 0.3) is 0 Å². The summed E-state index contributed by atoms with van der Waals surface area (Å²) in [7, 11) is 0. The largest absolute Gasteiger partial charge is 0.490 e. The van der Waals surface area contributed by atoms with Crippen molar-refractivity contribution in [2.75, 3.05) is 13.2 Å². The zero-order valence-corrected chi connectivity index (χ0v) is 20.4. The number of benzene rings is 3. The molecule has 0 saturated heterocycles. The van der Waals surface area contributed by atoms with E-state index < -0.39 is 5.82 Å². The van der Waals surface area contributed by atoms with E-state index in [1.54, 1.807) is 24.3 Å². The maximum atomic E-state index is 14.1. The molecule has 0 aliphatic carbocycles. The van der Waals surface area contributed by atoms with Gasteiger partial charge in [0.2, 0.25) is 0 Å². The van der Waals surface area contributed by atoms with E-state index in [1.165, 1.54) is 6.07 Å². The van der Waals surface area contributed by atoms with Gasteiger partial charge in [0.1, 0.15) is 12.4 Å². The summed E-state index contributed by atoms with van der Waals surface area (Å²) in [6.07, 6.45) is 0.757. The molecule has 0 aliphatic rings. The van der Waals surface area contributed by atoms with E-state index in [-0.39, 0.29) is 12.2 Å². The Kier molecular flexibility index (Phi) is 9.33. The second-order valence-corrected chi connectivity index (χ2v) is 8.65. The number of hydrogen-bond donors (Lipinski definition) is 1. The molecule has 0 bridgehead atoms. The highest BCUT2D eigenvalue weighted by Gasteiger charge is 2.15. The number of rotatable bonds is 10. The van der Waals surface area contributed by atoms with E-state index in [2.05, 4.69) is 5.32 Å². The predicted octanol–water partition coefficient (Wildman–Crippen LogP) is 7.75. The molecule has 1 N–H and O–H groups in total. The first-order valence-corrected chi connectivity index (χ1v) is 11.6. The van der Waals surface area contributed by atoms with Crippen LogP contribution in [0, 0.1) is 5.82 Å². The number of nitrogens with one attached hydrogen (secondary N) is 1. The van der Waals surface area contributed by atoms with Crippen molar-refractivity contribution in [1.29, 1.82) is 0 Å². The first kappa shape index (κ1) is 24.9.